The van der Waals surface area contributed by atoms with E-state index in [2.05, 4.69) is 28.5 Å². The molecule has 0 unspecified atom stereocenters. The van der Waals surface area contributed by atoms with Crippen molar-refractivity contribution < 1.29 is 0 Å². The Morgan fingerprint density at radius 2 is 2.35 bits per heavy atom. The molecule has 0 atom stereocenters. The number of fused-ring (bicyclic) bond motifs is 1. The topological polar surface area (TPSA) is 39.9 Å². The first-order valence-corrected chi connectivity index (χ1v) is 7.82. The normalized spacial score (nSPS) is 13.0. The maximum Gasteiger partial charge on any atom is 0.146 e. The molecular formula is C16H17N3S. The zero-order chi connectivity index (χ0) is 13.9. The molecule has 0 bridgehead atoms. The zero-order valence-electron chi connectivity index (χ0n) is 11.6. The minimum absolute atomic E-state index is 0.708. The highest BCUT2D eigenvalue weighted by Gasteiger charge is 2.18. The average Bonchev–Trinajstić information content (AvgIpc) is 3.13. The largest absolute Gasteiger partial charge is 0.358 e. The SMILES string of the molecule is CN(CCc1cccs1)c1nc2c(cc1C#N)CCC2. The molecule has 1 aliphatic rings. The highest BCUT2D eigenvalue weighted by molar-refractivity contribution is 7.09. The van der Waals surface area contributed by atoms with Crippen molar-refractivity contribution in [2.45, 2.75) is 25.7 Å². The smallest absolute Gasteiger partial charge is 0.146 e. The summed E-state index contributed by atoms with van der Waals surface area (Å²) in [4.78, 5) is 8.21. The van der Waals surface area contributed by atoms with Crippen LogP contribution in [0.1, 0.15) is 28.1 Å². The van der Waals surface area contributed by atoms with E-state index < -0.39 is 0 Å². The molecule has 0 spiro atoms. The maximum atomic E-state index is 9.34. The Morgan fingerprint density at radius 1 is 1.45 bits per heavy atom. The van der Waals surface area contributed by atoms with Crippen LogP contribution in [0.2, 0.25) is 0 Å². The van der Waals surface area contributed by atoms with Gasteiger partial charge in [-0.05, 0) is 48.8 Å². The number of aromatic nitrogens is 1. The number of hydrogen-bond donors (Lipinski definition) is 0. The molecule has 0 aromatic carbocycles. The minimum Gasteiger partial charge on any atom is -0.358 e. The molecule has 1 aliphatic carbocycles. The number of hydrogen-bond acceptors (Lipinski definition) is 4. The van der Waals surface area contributed by atoms with Crippen LogP contribution < -0.4 is 4.90 Å². The van der Waals surface area contributed by atoms with Crippen molar-refractivity contribution in [3.05, 3.63) is 45.3 Å². The molecule has 0 aliphatic heterocycles. The Morgan fingerprint density at radius 3 is 3.10 bits per heavy atom. The molecule has 2 aromatic heterocycles. The molecule has 2 aromatic rings. The molecule has 0 saturated carbocycles. The fraction of sp³-hybridized carbons (Fsp3) is 0.375. The van der Waals surface area contributed by atoms with Gasteiger partial charge in [0.2, 0.25) is 0 Å². The second kappa shape index (κ2) is 5.64. The van der Waals surface area contributed by atoms with Crippen LogP contribution in [-0.4, -0.2) is 18.6 Å². The predicted octanol–water partition coefficient (Wildman–Crippen LogP) is 3.18. The number of nitriles is 1. The van der Waals surface area contributed by atoms with Gasteiger partial charge in [-0.1, -0.05) is 6.07 Å². The summed E-state index contributed by atoms with van der Waals surface area (Å²) in [5, 5.41) is 11.4. The molecule has 3 rings (SSSR count). The first-order chi connectivity index (χ1) is 9.78. The molecule has 0 N–H and O–H groups in total. The summed E-state index contributed by atoms with van der Waals surface area (Å²) in [5.74, 6) is 0.838. The van der Waals surface area contributed by atoms with Crippen molar-refractivity contribution in [2.75, 3.05) is 18.5 Å². The maximum absolute atomic E-state index is 9.34. The van der Waals surface area contributed by atoms with Gasteiger partial charge in [-0.2, -0.15) is 5.26 Å². The fourth-order valence-corrected chi connectivity index (χ4v) is 3.37. The molecular weight excluding hydrogens is 266 g/mol. The second-order valence-electron chi connectivity index (χ2n) is 5.18. The summed E-state index contributed by atoms with van der Waals surface area (Å²) in [7, 11) is 2.03. The van der Waals surface area contributed by atoms with Crippen molar-refractivity contribution in [1.82, 2.24) is 4.98 Å². The summed E-state index contributed by atoms with van der Waals surface area (Å²) in [6, 6.07) is 8.56. The van der Waals surface area contributed by atoms with Gasteiger partial charge < -0.3 is 4.90 Å². The Hall–Kier alpha value is -1.86. The molecule has 2 heterocycles. The predicted molar refractivity (Wildman–Crippen MR) is 82.3 cm³/mol. The number of rotatable bonds is 4. The lowest BCUT2D eigenvalue weighted by Gasteiger charge is -2.20. The lowest BCUT2D eigenvalue weighted by Crippen LogP contribution is -2.22. The van der Waals surface area contributed by atoms with Crippen LogP contribution in [0.15, 0.2) is 23.6 Å². The number of pyridine rings is 1. The first kappa shape index (κ1) is 13.1. The summed E-state index contributed by atoms with van der Waals surface area (Å²) in [6.45, 7) is 0.890. The Balaban J connectivity index is 1.80. The van der Waals surface area contributed by atoms with Gasteiger partial charge in [0, 0.05) is 24.2 Å². The van der Waals surface area contributed by atoms with E-state index in [4.69, 9.17) is 4.98 Å². The molecule has 3 nitrogen and oxygen atoms in total. The molecule has 4 heteroatoms. The molecule has 0 radical (unpaired) electrons. The number of thiophene rings is 1. The van der Waals surface area contributed by atoms with Gasteiger partial charge >= 0.3 is 0 Å². The van der Waals surface area contributed by atoms with Crippen molar-refractivity contribution >= 4 is 17.2 Å². The van der Waals surface area contributed by atoms with Gasteiger partial charge in [-0.25, -0.2) is 4.98 Å². The third-order valence-electron chi connectivity index (χ3n) is 3.79. The van der Waals surface area contributed by atoms with Gasteiger partial charge in [0.1, 0.15) is 11.9 Å². The monoisotopic (exact) mass is 283 g/mol. The van der Waals surface area contributed by atoms with E-state index in [-0.39, 0.29) is 0 Å². The van der Waals surface area contributed by atoms with Gasteiger partial charge in [0.05, 0.1) is 5.56 Å². The zero-order valence-corrected chi connectivity index (χ0v) is 12.4. The fourth-order valence-electron chi connectivity index (χ4n) is 2.67. The van der Waals surface area contributed by atoms with Crippen LogP contribution in [0.5, 0.6) is 0 Å². The molecule has 102 valence electrons. The van der Waals surface area contributed by atoms with E-state index in [1.807, 2.05) is 13.1 Å². The van der Waals surface area contributed by atoms with E-state index in [9.17, 15) is 5.26 Å². The standard InChI is InChI=1S/C16H17N3S/c1-19(8-7-14-5-3-9-20-14)16-13(11-17)10-12-4-2-6-15(12)18-16/h3,5,9-10H,2,4,6-8H2,1H3. The summed E-state index contributed by atoms with van der Waals surface area (Å²) >= 11 is 1.78. The van der Waals surface area contributed by atoms with Crippen LogP contribution in [0, 0.1) is 11.3 Å². The summed E-state index contributed by atoms with van der Waals surface area (Å²) in [5.41, 5.74) is 3.15. The molecule has 0 fully saturated rings. The minimum atomic E-state index is 0.708. The van der Waals surface area contributed by atoms with Crippen LogP contribution >= 0.6 is 11.3 Å². The molecule has 20 heavy (non-hydrogen) atoms. The van der Waals surface area contributed by atoms with Crippen LogP contribution in [0.3, 0.4) is 0 Å². The van der Waals surface area contributed by atoms with E-state index in [0.29, 0.717) is 5.56 Å². The Bertz CT molecular complexity index is 640. The van der Waals surface area contributed by atoms with Crippen molar-refractivity contribution in [3.63, 3.8) is 0 Å². The van der Waals surface area contributed by atoms with Gasteiger partial charge in [-0.15, -0.1) is 11.3 Å². The van der Waals surface area contributed by atoms with Crippen LogP contribution in [-0.2, 0) is 19.3 Å². The second-order valence-corrected chi connectivity index (χ2v) is 6.21. The third-order valence-corrected chi connectivity index (χ3v) is 4.72. The average molecular weight is 283 g/mol. The quantitative estimate of drug-likeness (QED) is 0.865. The van der Waals surface area contributed by atoms with Crippen LogP contribution in [0.4, 0.5) is 5.82 Å². The van der Waals surface area contributed by atoms with E-state index >= 15 is 0 Å². The first-order valence-electron chi connectivity index (χ1n) is 6.94. The summed E-state index contributed by atoms with van der Waals surface area (Å²) < 4.78 is 0. The van der Waals surface area contributed by atoms with Gasteiger partial charge in [0.25, 0.3) is 0 Å². The highest BCUT2D eigenvalue weighted by Crippen LogP contribution is 2.26. The Labute approximate surface area is 123 Å². The van der Waals surface area contributed by atoms with Crippen LogP contribution in [0.25, 0.3) is 0 Å². The number of nitrogens with zero attached hydrogens (tertiary/aromatic N) is 3. The van der Waals surface area contributed by atoms with E-state index in [1.54, 1.807) is 11.3 Å². The highest BCUT2D eigenvalue weighted by atomic mass is 32.1. The van der Waals surface area contributed by atoms with Gasteiger partial charge in [-0.3, -0.25) is 0 Å². The van der Waals surface area contributed by atoms with Gasteiger partial charge in [0.15, 0.2) is 0 Å². The number of anilines is 1. The van der Waals surface area contributed by atoms with E-state index in [1.165, 1.54) is 16.1 Å². The lowest BCUT2D eigenvalue weighted by atomic mass is 10.1. The number of likely N-dealkylation sites (N-methyl/N-ethyl adjacent to an activating group) is 1. The van der Waals surface area contributed by atoms with Crippen molar-refractivity contribution in [1.29, 1.82) is 5.26 Å². The number of aryl methyl sites for hydroxylation is 2. The summed E-state index contributed by atoms with van der Waals surface area (Å²) in [6.07, 6.45) is 4.27. The van der Waals surface area contributed by atoms with Crippen molar-refractivity contribution in [2.24, 2.45) is 0 Å². The lowest BCUT2D eigenvalue weighted by molar-refractivity contribution is 0.854. The molecule has 0 saturated heterocycles. The Kier molecular flexibility index (Phi) is 3.70. The molecule has 0 amide bonds. The third kappa shape index (κ3) is 2.54. The van der Waals surface area contributed by atoms with E-state index in [0.717, 1.165) is 38.0 Å². The van der Waals surface area contributed by atoms with Crippen molar-refractivity contribution in [3.8, 4) is 6.07 Å².